The Balaban J connectivity index is 2.82. The van der Waals surface area contributed by atoms with Crippen LogP contribution in [0.1, 0.15) is 49.9 Å². The van der Waals surface area contributed by atoms with E-state index in [0.29, 0.717) is 10.7 Å². The van der Waals surface area contributed by atoms with Crippen LogP contribution in [0.3, 0.4) is 0 Å². The minimum absolute atomic E-state index is 0.0118. The molecular formula is C16H22ClNO3. The molecule has 0 bridgehead atoms. The van der Waals surface area contributed by atoms with E-state index in [2.05, 4.69) is 17.0 Å². The Labute approximate surface area is 130 Å². The zero-order valence-corrected chi connectivity index (χ0v) is 13.5. The Bertz CT molecular complexity index is 502. The number of unbranched alkanes of at least 4 members (excludes halogenated alkanes) is 1. The molecule has 0 saturated heterocycles. The van der Waals surface area contributed by atoms with Gasteiger partial charge in [-0.2, -0.15) is 0 Å². The first-order valence-corrected chi connectivity index (χ1v) is 7.59. The lowest BCUT2D eigenvalue weighted by atomic mass is 9.98. The van der Waals surface area contributed by atoms with Gasteiger partial charge in [0.25, 0.3) is 0 Å². The van der Waals surface area contributed by atoms with Gasteiger partial charge in [-0.15, -0.1) is 0 Å². The molecule has 1 aromatic rings. The molecule has 0 heterocycles. The molecule has 0 aliphatic rings. The summed E-state index contributed by atoms with van der Waals surface area (Å²) in [5.41, 5.74) is 0.804. The number of benzene rings is 1. The molecule has 116 valence electrons. The van der Waals surface area contributed by atoms with Crippen LogP contribution in [-0.2, 0) is 9.53 Å². The van der Waals surface area contributed by atoms with Gasteiger partial charge in [-0.05, 0) is 31.0 Å². The number of rotatable bonds is 7. The van der Waals surface area contributed by atoms with E-state index in [4.69, 9.17) is 11.6 Å². The van der Waals surface area contributed by atoms with Crippen molar-refractivity contribution in [1.29, 1.82) is 0 Å². The van der Waals surface area contributed by atoms with Gasteiger partial charge in [-0.1, -0.05) is 38.3 Å². The van der Waals surface area contributed by atoms with Crippen LogP contribution in [0.25, 0.3) is 0 Å². The summed E-state index contributed by atoms with van der Waals surface area (Å²) in [6.07, 6.45) is 3.76. The van der Waals surface area contributed by atoms with E-state index in [1.165, 1.54) is 7.11 Å². The van der Waals surface area contributed by atoms with Crippen molar-refractivity contribution in [1.82, 2.24) is 0 Å². The van der Waals surface area contributed by atoms with Gasteiger partial charge in [0, 0.05) is 11.6 Å². The fraction of sp³-hybridized carbons (Fsp3) is 0.500. The molecule has 5 heteroatoms. The molecule has 0 radical (unpaired) electrons. The molecule has 1 N–H and O–H groups in total. The van der Waals surface area contributed by atoms with E-state index < -0.39 is 5.97 Å². The number of halogens is 1. The number of amides is 1. The maximum absolute atomic E-state index is 12.2. The highest BCUT2D eigenvalue weighted by Gasteiger charge is 2.17. The summed E-state index contributed by atoms with van der Waals surface area (Å²) in [6.45, 7) is 4.11. The topological polar surface area (TPSA) is 55.4 Å². The molecule has 0 aliphatic heterocycles. The summed E-state index contributed by atoms with van der Waals surface area (Å²) in [6, 6.07) is 4.80. The summed E-state index contributed by atoms with van der Waals surface area (Å²) in [7, 11) is 1.29. The summed E-state index contributed by atoms with van der Waals surface area (Å²) in [4.78, 5) is 23.8. The SMILES string of the molecule is CCCCC(CC)C(=O)Nc1ccc(Cl)c(C(=O)OC)c1. The van der Waals surface area contributed by atoms with Gasteiger partial charge in [0.2, 0.25) is 5.91 Å². The third kappa shape index (κ3) is 5.05. The molecule has 0 aromatic heterocycles. The normalized spacial score (nSPS) is 11.8. The predicted octanol–water partition coefficient (Wildman–Crippen LogP) is 4.28. The lowest BCUT2D eigenvalue weighted by Gasteiger charge is -2.15. The Kier molecular flexibility index (Phi) is 7.23. The molecule has 1 atom stereocenters. The van der Waals surface area contributed by atoms with Gasteiger partial charge in [0.15, 0.2) is 0 Å². The van der Waals surface area contributed by atoms with E-state index >= 15 is 0 Å². The van der Waals surface area contributed by atoms with Crippen molar-refractivity contribution in [2.75, 3.05) is 12.4 Å². The minimum Gasteiger partial charge on any atom is -0.465 e. The highest BCUT2D eigenvalue weighted by molar-refractivity contribution is 6.33. The molecule has 0 spiro atoms. The highest BCUT2D eigenvalue weighted by atomic mass is 35.5. The highest BCUT2D eigenvalue weighted by Crippen LogP contribution is 2.23. The number of ether oxygens (including phenoxy) is 1. The van der Waals surface area contributed by atoms with E-state index in [9.17, 15) is 9.59 Å². The smallest absolute Gasteiger partial charge is 0.339 e. The average molecular weight is 312 g/mol. The van der Waals surface area contributed by atoms with Crippen molar-refractivity contribution >= 4 is 29.2 Å². The number of nitrogens with one attached hydrogen (secondary N) is 1. The predicted molar refractivity (Wildman–Crippen MR) is 84.7 cm³/mol. The maximum atomic E-state index is 12.2. The zero-order valence-electron chi connectivity index (χ0n) is 12.7. The summed E-state index contributed by atoms with van der Waals surface area (Å²) >= 11 is 5.95. The fourth-order valence-corrected chi connectivity index (χ4v) is 2.28. The maximum Gasteiger partial charge on any atom is 0.339 e. The monoisotopic (exact) mass is 311 g/mol. The average Bonchev–Trinajstić information content (AvgIpc) is 2.49. The lowest BCUT2D eigenvalue weighted by molar-refractivity contribution is -0.120. The lowest BCUT2D eigenvalue weighted by Crippen LogP contribution is -2.22. The third-order valence-electron chi connectivity index (χ3n) is 3.41. The van der Waals surface area contributed by atoms with Gasteiger partial charge in [0.05, 0.1) is 17.7 Å². The third-order valence-corrected chi connectivity index (χ3v) is 3.74. The van der Waals surface area contributed by atoms with Crippen molar-refractivity contribution in [3.05, 3.63) is 28.8 Å². The number of hydrogen-bond donors (Lipinski definition) is 1. The van der Waals surface area contributed by atoms with Crippen molar-refractivity contribution < 1.29 is 14.3 Å². The van der Waals surface area contributed by atoms with Gasteiger partial charge in [-0.25, -0.2) is 4.79 Å². The van der Waals surface area contributed by atoms with Crippen molar-refractivity contribution in [3.63, 3.8) is 0 Å². The van der Waals surface area contributed by atoms with Gasteiger partial charge in [0.1, 0.15) is 0 Å². The molecule has 1 unspecified atom stereocenters. The Morgan fingerprint density at radius 1 is 1.33 bits per heavy atom. The van der Waals surface area contributed by atoms with Crippen molar-refractivity contribution in [3.8, 4) is 0 Å². The molecule has 0 aliphatic carbocycles. The summed E-state index contributed by atoms with van der Waals surface area (Å²) in [5.74, 6) is -0.555. The van der Waals surface area contributed by atoms with Crippen molar-refractivity contribution in [2.45, 2.75) is 39.5 Å². The Morgan fingerprint density at radius 2 is 2.05 bits per heavy atom. The quantitative estimate of drug-likeness (QED) is 0.765. The second-order valence-electron chi connectivity index (χ2n) is 4.92. The first kappa shape index (κ1) is 17.5. The van der Waals surface area contributed by atoms with E-state index in [-0.39, 0.29) is 17.4 Å². The van der Waals surface area contributed by atoms with Gasteiger partial charge < -0.3 is 10.1 Å². The summed E-state index contributed by atoms with van der Waals surface area (Å²) in [5, 5.41) is 3.15. The van der Waals surface area contributed by atoms with Crippen LogP contribution in [0, 0.1) is 5.92 Å². The molecule has 1 aromatic carbocycles. The number of hydrogen-bond acceptors (Lipinski definition) is 3. The molecule has 1 amide bonds. The second kappa shape index (κ2) is 8.67. The number of carbonyl (C=O) groups is 2. The molecule has 4 nitrogen and oxygen atoms in total. The van der Waals surface area contributed by atoms with Crippen LogP contribution in [0.4, 0.5) is 5.69 Å². The number of methoxy groups -OCH3 is 1. The van der Waals surface area contributed by atoms with Crippen LogP contribution in [0.2, 0.25) is 5.02 Å². The van der Waals surface area contributed by atoms with Crippen LogP contribution in [-0.4, -0.2) is 19.0 Å². The molecular weight excluding hydrogens is 290 g/mol. The fourth-order valence-electron chi connectivity index (χ4n) is 2.08. The van der Waals surface area contributed by atoms with Crippen LogP contribution in [0.5, 0.6) is 0 Å². The van der Waals surface area contributed by atoms with Crippen LogP contribution in [0.15, 0.2) is 18.2 Å². The summed E-state index contributed by atoms with van der Waals surface area (Å²) < 4.78 is 4.66. The van der Waals surface area contributed by atoms with E-state index in [0.717, 1.165) is 25.7 Å². The van der Waals surface area contributed by atoms with E-state index in [1.54, 1.807) is 18.2 Å². The minimum atomic E-state index is -0.519. The van der Waals surface area contributed by atoms with E-state index in [1.807, 2.05) is 6.92 Å². The van der Waals surface area contributed by atoms with Crippen molar-refractivity contribution in [2.24, 2.45) is 5.92 Å². The van der Waals surface area contributed by atoms with Crippen LogP contribution < -0.4 is 5.32 Å². The number of esters is 1. The largest absolute Gasteiger partial charge is 0.465 e. The molecule has 0 fully saturated rings. The molecule has 21 heavy (non-hydrogen) atoms. The zero-order chi connectivity index (χ0) is 15.8. The first-order chi connectivity index (χ1) is 10.0. The molecule has 0 saturated carbocycles. The molecule has 1 rings (SSSR count). The Hall–Kier alpha value is -1.55. The van der Waals surface area contributed by atoms with Gasteiger partial charge >= 0.3 is 5.97 Å². The standard InChI is InChI=1S/C16H22ClNO3/c1-4-6-7-11(5-2)15(19)18-12-8-9-14(17)13(10-12)16(20)21-3/h8-11H,4-7H2,1-3H3,(H,18,19). The number of anilines is 1. The van der Waals surface area contributed by atoms with Crippen LogP contribution >= 0.6 is 11.6 Å². The number of carbonyl (C=O) groups excluding carboxylic acids is 2. The van der Waals surface area contributed by atoms with Gasteiger partial charge in [-0.3, -0.25) is 4.79 Å². The Morgan fingerprint density at radius 3 is 2.62 bits per heavy atom. The second-order valence-corrected chi connectivity index (χ2v) is 5.33. The first-order valence-electron chi connectivity index (χ1n) is 7.22.